The van der Waals surface area contributed by atoms with Gasteiger partial charge in [-0.3, -0.25) is 9.18 Å². The van der Waals surface area contributed by atoms with Crippen LogP contribution >= 0.6 is 0 Å². The summed E-state index contributed by atoms with van der Waals surface area (Å²) in [6, 6.07) is 0. The van der Waals surface area contributed by atoms with Crippen molar-refractivity contribution in [1.82, 2.24) is 0 Å². The Morgan fingerprint density at radius 2 is 1.39 bits per heavy atom. The van der Waals surface area contributed by atoms with Crippen molar-refractivity contribution in [3.8, 4) is 0 Å². The van der Waals surface area contributed by atoms with Gasteiger partial charge in [0.1, 0.15) is 0 Å². The highest BCUT2D eigenvalue weighted by Gasteiger charge is 2.15. The molecule has 0 aliphatic carbocycles. The van der Waals surface area contributed by atoms with E-state index >= 15 is 0 Å². The molecule has 0 rings (SSSR count). The van der Waals surface area contributed by atoms with Crippen LogP contribution in [0.1, 0.15) is 96.8 Å². The second-order valence-electron chi connectivity index (χ2n) is 6.53. The van der Waals surface area contributed by atoms with Crippen LogP contribution in [-0.4, -0.2) is 17.8 Å². The summed E-state index contributed by atoms with van der Waals surface area (Å²) in [5, 5.41) is 8.94. The third-order valence-corrected chi connectivity index (χ3v) is 4.37. The van der Waals surface area contributed by atoms with Crippen LogP contribution in [0, 0.1) is 5.92 Å². The number of carbonyl (C=O) groups is 1. The van der Waals surface area contributed by atoms with Crippen molar-refractivity contribution >= 4 is 5.97 Å². The van der Waals surface area contributed by atoms with E-state index in [0.29, 0.717) is 6.42 Å². The summed E-state index contributed by atoms with van der Waals surface area (Å²) in [4.78, 5) is 10.9. The number of rotatable bonds is 17. The molecule has 3 heteroatoms. The van der Waals surface area contributed by atoms with Crippen LogP contribution in [0.2, 0.25) is 0 Å². The highest BCUT2D eigenvalue weighted by atomic mass is 19.1. The van der Waals surface area contributed by atoms with Crippen molar-refractivity contribution in [2.45, 2.75) is 96.8 Å². The molecule has 0 spiro atoms. The van der Waals surface area contributed by atoms with E-state index in [4.69, 9.17) is 5.11 Å². The van der Waals surface area contributed by atoms with E-state index < -0.39 is 18.6 Å². The van der Waals surface area contributed by atoms with Crippen molar-refractivity contribution in [2.75, 3.05) is 6.67 Å². The SMILES string of the molecule is CCCC/C=C\CCCCCCCCCCC(CCF)C(=O)O. The van der Waals surface area contributed by atoms with E-state index in [1.165, 1.54) is 64.2 Å². The summed E-state index contributed by atoms with van der Waals surface area (Å²) >= 11 is 0. The maximum atomic E-state index is 12.2. The summed E-state index contributed by atoms with van der Waals surface area (Å²) in [7, 11) is 0. The van der Waals surface area contributed by atoms with Crippen molar-refractivity contribution in [3.63, 3.8) is 0 Å². The zero-order valence-corrected chi connectivity index (χ0v) is 15.1. The maximum absolute atomic E-state index is 12.2. The van der Waals surface area contributed by atoms with Gasteiger partial charge in [-0.1, -0.05) is 76.9 Å². The molecule has 1 unspecified atom stereocenters. The minimum Gasteiger partial charge on any atom is -0.481 e. The molecule has 0 aromatic heterocycles. The lowest BCUT2D eigenvalue weighted by molar-refractivity contribution is -0.142. The summed E-state index contributed by atoms with van der Waals surface area (Å²) in [6.07, 6.45) is 20.1. The molecule has 0 saturated carbocycles. The Labute approximate surface area is 142 Å². The van der Waals surface area contributed by atoms with Gasteiger partial charge in [-0.2, -0.15) is 0 Å². The largest absolute Gasteiger partial charge is 0.481 e. The first-order valence-corrected chi connectivity index (χ1v) is 9.66. The highest BCUT2D eigenvalue weighted by Crippen LogP contribution is 2.16. The van der Waals surface area contributed by atoms with Gasteiger partial charge >= 0.3 is 5.97 Å². The molecule has 0 aliphatic heterocycles. The fourth-order valence-corrected chi connectivity index (χ4v) is 2.79. The van der Waals surface area contributed by atoms with E-state index in [1.54, 1.807) is 0 Å². The first-order chi connectivity index (χ1) is 11.2. The van der Waals surface area contributed by atoms with Gasteiger partial charge in [0.2, 0.25) is 0 Å². The summed E-state index contributed by atoms with van der Waals surface area (Å²) < 4.78 is 12.2. The molecular weight excluding hydrogens is 291 g/mol. The number of hydrogen-bond acceptors (Lipinski definition) is 1. The number of allylic oxidation sites excluding steroid dienone is 2. The molecule has 23 heavy (non-hydrogen) atoms. The third kappa shape index (κ3) is 15.8. The molecule has 0 aromatic carbocycles. The van der Waals surface area contributed by atoms with Crippen LogP contribution in [0.25, 0.3) is 0 Å². The molecule has 136 valence electrons. The Kier molecular flexibility index (Phi) is 16.8. The number of aliphatic carboxylic acids is 1. The first-order valence-electron chi connectivity index (χ1n) is 9.66. The molecule has 0 heterocycles. The number of carboxylic acid groups (broad SMARTS) is 1. The van der Waals surface area contributed by atoms with E-state index in [1.807, 2.05) is 0 Å². The second-order valence-corrected chi connectivity index (χ2v) is 6.53. The number of unbranched alkanes of at least 4 members (excludes halogenated alkanes) is 10. The monoisotopic (exact) mass is 328 g/mol. The Morgan fingerprint density at radius 3 is 1.91 bits per heavy atom. The first kappa shape index (κ1) is 22.1. The average Bonchev–Trinajstić information content (AvgIpc) is 2.54. The van der Waals surface area contributed by atoms with Gasteiger partial charge < -0.3 is 5.11 Å². The van der Waals surface area contributed by atoms with Crippen molar-refractivity contribution in [1.29, 1.82) is 0 Å². The lowest BCUT2D eigenvalue weighted by atomic mass is 9.97. The van der Waals surface area contributed by atoms with Crippen LogP contribution in [0.4, 0.5) is 4.39 Å². The fraction of sp³-hybridized carbons (Fsp3) is 0.850. The van der Waals surface area contributed by atoms with Gasteiger partial charge in [0.05, 0.1) is 12.6 Å². The van der Waals surface area contributed by atoms with E-state index in [0.717, 1.165) is 12.8 Å². The molecule has 0 amide bonds. The molecular formula is C20H37FO2. The van der Waals surface area contributed by atoms with Crippen LogP contribution in [0.3, 0.4) is 0 Å². The Morgan fingerprint density at radius 1 is 0.870 bits per heavy atom. The summed E-state index contributed by atoms with van der Waals surface area (Å²) in [6.45, 7) is 1.70. The molecule has 0 radical (unpaired) electrons. The lowest BCUT2D eigenvalue weighted by Crippen LogP contribution is -2.14. The standard InChI is InChI=1S/C20H37FO2/c1-2-3-4-5-6-7-8-9-10-11-12-13-14-15-16-19(17-18-21)20(22)23/h5-6,19H,2-4,7-18H2,1H3,(H,22,23)/b6-5-. The summed E-state index contributed by atoms with van der Waals surface area (Å²) in [5.74, 6) is -1.32. The van der Waals surface area contributed by atoms with E-state index in [-0.39, 0.29) is 6.42 Å². The van der Waals surface area contributed by atoms with Gasteiger partial charge in [0, 0.05) is 0 Å². The Hall–Kier alpha value is -0.860. The molecule has 0 aliphatic rings. The van der Waals surface area contributed by atoms with Crippen molar-refractivity contribution in [2.24, 2.45) is 5.92 Å². The number of alkyl halides is 1. The molecule has 0 bridgehead atoms. The Bertz CT molecular complexity index is 289. The zero-order chi connectivity index (χ0) is 17.2. The summed E-state index contributed by atoms with van der Waals surface area (Å²) in [5.41, 5.74) is 0. The fourth-order valence-electron chi connectivity index (χ4n) is 2.79. The molecule has 1 atom stereocenters. The number of carboxylic acids is 1. The van der Waals surface area contributed by atoms with E-state index in [2.05, 4.69) is 19.1 Å². The maximum Gasteiger partial charge on any atom is 0.306 e. The smallest absolute Gasteiger partial charge is 0.306 e. The van der Waals surface area contributed by atoms with Gasteiger partial charge in [-0.25, -0.2) is 0 Å². The molecule has 0 fully saturated rings. The molecule has 2 nitrogen and oxygen atoms in total. The quantitative estimate of drug-likeness (QED) is 0.238. The van der Waals surface area contributed by atoms with Gasteiger partial charge in [-0.15, -0.1) is 0 Å². The predicted octanol–water partition coefficient (Wildman–Crippen LogP) is 6.69. The number of hydrogen-bond donors (Lipinski definition) is 1. The minimum atomic E-state index is -0.841. The molecule has 1 N–H and O–H groups in total. The number of halogens is 1. The second kappa shape index (κ2) is 17.5. The van der Waals surface area contributed by atoms with Crippen LogP contribution in [-0.2, 0) is 4.79 Å². The van der Waals surface area contributed by atoms with Gasteiger partial charge in [0.25, 0.3) is 0 Å². The average molecular weight is 329 g/mol. The molecule has 0 aromatic rings. The predicted molar refractivity (Wildman–Crippen MR) is 96.6 cm³/mol. The third-order valence-electron chi connectivity index (χ3n) is 4.37. The minimum absolute atomic E-state index is 0.169. The van der Waals surface area contributed by atoms with Crippen molar-refractivity contribution in [3.05, 3.63) is 12.2 Å². The lowest BCUT2D eigenvalue weighted by Gasteiger charge is -2.09. The molecule has 0 saturated heterocycles. The zero-order valence-electron chi connectivity index (χ0n) is 15.1. The van der Waals surface area contributed by atoms with Crippen LogP contribution in [0.5, 0.6) is 0 Å². The van der Waals surface area contributed by atoms with Crippen LogP contribution < -0.4 is 0 Å². The van der Waals surface area contributed by atoms with E-state index in [9.17, 15) is 9.18 Å². The van der Waals surface area contributed by atoms with Gasteiger partial charge in [0.15, 0.2) is 0 Å². The van der Waals surface area contributed by atoms with Gasteiger partial charge in [-0.05, 0) is 32.1 Å². The normalized spacial score (nSPS) is 12.8. The topological polar surface area (TPSA) is 37.3 Å². The van der Waals surface area contributed by atoms with Crippen molar-refractivity contribution < 1.29 is 14.3 Å². The highest BCUT2D eigenvalue weighted by molar-refractivity contribution is 5.69. The Balaban J connectivity index is 3.27. The van der Waals surface area contributed by atoms with Crippen LogP contribution in [0.15, 0.2) is 12.2 Å².